The zero-order valence-corrected chi connectivity index (χ0v) is 26.4. The lowest BCUT2D eigenvalue weighted by atomic mass is 9.39. The molecular formula is C28H39BrN8O4S. The van der Waals surface area contributed by atoms with Crippen LogP contribution in [0.25, 0.3) is 0 Å². The highest BCUT2D eigenvalue weighted by atomic mass is 79.9. The molecule has 3 aliphatic carbocycles. The molecule has 4 aliphatic rings. The largest absolute Gasteiger partial charge is 0.366 e. The van der Waals surface area contributed by atoms with Crippen molar-refractivity contribution in [2.75, 3.05) is 42.6 Å². The van der Waals surface area contributed by atoms with Crippen molar-refractivity contribution in [2.45, 2.75) is 64.0 Å². The fraction of sp³-hybridized carbons (Fsp3) is 0.571. The molecule has 0 radical (unpaired) electrons. The van der Waals surface area contributed by atoms with Crippen molar-refractivity contribution in [3.8, 4) is 0 Å². The lowest BCUT2D eigenvalue weighted by Crippen LogP contribution is -2.77. The van der Waals surface area contributed by atoms with Crippen LogP contribution in [0, 0.1) is 12.3 Å². The second kappa shape index (κ2) is 12.1. The summed E-state index contributed by atoms with van der Waals surface area (Å²) in [5.41, 5.74) is 7.09. The van der Waals surface area contributed by atoms with Gasteiger partial charge >= 0.3 is 0 Å². The first-order chi connectivity index (χ1) is 20.0. The van der Waals surface area contributed by atoms with E-state index in [0.29, 0.717) is 53.4 Å². The summed E-state index contributed by atoms with van der Waals surface area (Å²) >= 11 is 3.45. The van der Waals surface area contributed by atoms with Crippen molar-refractivity contribution < 1.29 is 18.0 Å². The highest BCUT2D eigenvalue weighted by molar-refractivity contribution is 9.10. The Labute approximate surface area is 255 Å². The zero-order chi connectivity index (χ0) is 30.1. The molecule has 4 fully saturated rings. The highest BCUT2D eigenvalue weighted by Gasteiger charge is 2.71. The van der Waals surface area contributed by atoms with Crippen LogP contribution in [0.3, 0.4) is 0 Å². The number of amides is 2. The molecular weight excluding hydrogens is 624 g/mol. The number of piperidine rings is 1. The van der Waals surface area contributed by atoms with Gasteiger partial charge in [-0.15, -0.1) is 0 Å². The number of benzene rings is 1. The Balaban J connectivity index is 1.09. The molecule has 2 heterocycles. The van der Waals surface area contributed by atoms with Gasteiger partial charge in [-0.2, -0.15) is 4.98 Å². The summed E-state index contributed by atoms with van der Waals surface area (Å²) < 4.78 is 28.1. The van der Waals surface area contributed by atoms with Crippen molar-refractivity contribution in [3.63, 3.8) is 0 Å². The van der Waals surface area contributed by atoms with E-state index in [9.17, 15) is 18.0 Å². The topological polar surface area (TPSA) is 171 Å². The summed E-state index contributed by atoms with van der Waals surface area (Å²) in [5, 5.41) is 12.9. The Bertz CT molecular complexity index is 1440. The minimum absolute atomic E-state index is 0.0109. The van der Waals surface area contributed by atoms with E-state index >= 15 is 0 Å². The summed E-state index contributed by atoms with van der Waals surface area (Å²) in [6.07, 6.45) is 6.40. The maximum absolute atomic E-state index is 13.0. The molecule has 0 atom stereocenters. The van der Waals surface area contributed by atoms with E-state index in [1.807, 2.05) is 19.1 Å². The predicted molar refractivity (Wildman–Crippen MR) is 165 cm³/mol. The number of sulfonamides is 1. The van der Waals surface area contributed by atoms with Gasteiger partial charge in [0.1, 0.15) is 5.82 Å². The van der Waals surface area contributed by atoms with Gasteiger partial charge in [-0.3, -0.25) is 9.59 Å². The molecule has 6 rings (SSSR count). The summed E-state index contributed by atoms with van der Waals surface area (Å²) in [5.74, 6) is 0.194. The summed E-state index contributed by atoms with van der Waals surface area (Å²) in [6.45, 7) is 5.77. The number of primary amides is 1. The number of hydrogen-bond donors (Lipinski definition) is 5. The predicted octanol–water partition coefficient (Wildman–Crippen LogP) is 2.63. The van der Waals surface area contributed by atoms with Gasteiger partial charge in [-0.25, -0.2) is 17.7 Å². The lowest BCUT2D eigenvalue weighted by Gasteiger charge is -2.69. The van der Waals surface area contributed by atoms with Crippen molar-refractivity contribution in [1.29, 1.82) is 0 Å². The Morgan fingerprint density at radius 2 is 1.88 bits per heavy atom. The summed E-state index contributed by atoms with van der Waals surface area (Å²) in [6, 6.07) is 5.38. The van der Waals surface area contributed by atoms with Crippen molar-refractivity contribution in [3.05, 3.63) is 40.0 Å². The van der Waals surface area contributed by atoms with Crippen molar-refractivity contribution >= 4 is 55.2 Å². The fourth-order valence-corrected chi connectivity index (χ4v) is 8.10. The van der Waals surface area contributed by atoms with Gasteiger partial charge in [0.25, 0.3) is 5.91 Å². The molecule has 14 heteroatoms. The van der Waals surface area contributed by atoms with Crippen molar-refractivity contribution in [1.82, 2.24) is 24.9 Å². The van der Waals surface area contributed by atoms with Crippen LogP contribution in [-0.4, -0.2) is 78.0 Å². The molecule has 42 heavy (non-hydrogen) atoms. The van der Waals surface area contributed by atoms with Crippen LogP contribution in [0.15, 0.2) is 28.9 Å². The highest BCUT2D eigenvalue weighted by Crippen LogP contribution is 2.67. The minimum Gasteiger partial charge on any atom is -0.366 e. The summed E-state index contributed by atoms with van der Waals surface area (Å²) in [4.78, 5) is 33.6. The van der Waals surface area contributed by atoms with Crippen LogP contribution in [0.1, 0.15) is 61.4 Å². The average molecular weight is 664 g/mol. The maximum atomic E-state index is 13.0. The van der Waals surface area contributed by atoms with E-state index in [0.717, 1.165) is 37.8 Å². The number of halogens is 1. The van der Waals surface area contributed by atoms with Crippen LogP contribution < -0.4 is 27.0 Å². The molecule has 1 aromatic carbocycles. The van der Waals surface area contributed by atoms with Gasteiger partial charge in [0.05, 0.1) is 26.9 Å². The molecule has 228 valence electrons. The Kier molecular flexibility index (Phi) is 8.80. The first-order valence-corrected chi connectivity index (χ1v) is 16.8. The molecule has 0 unspecified atom stereocenters. The number of aryl methyl sites for hydroxylation is 1. The second-order valence-corrected chi connectivity index (χ2v) is 14.7. The van der Waals surface area contributed by atoms with Crippen LogP contribution in [0.5, 0.6) is 0 Å². The normalized spacial score (nSPS) is 23.9. The third-order valence-electron chi connectivity index (χ3n) is 8.60. The lowest BCUT2D eigenvalue weighted by molar-refractivity contribution is -0.180. The van der Waals surface area contributed by atoms with E-state index in [1.165, 1.54) is 4.31 Å². The number of aromatic nitrogens is 2. The van der Waals surface area contributed by atoms with Crippen LogP contribution in [0.2, 0.25) is 0 Å². The fourth-order valence-electron chi connectivity index (χ4n) is 6.43. The minimum atomic E-state index is -3.49. The average Bonchev–Trinajstić information content (AvgIpc) is 2.89. The number of nitrogens with two attached hydrogens (primary N) is 1. The molecule has 1 saturated heterocycles. The van der Waals surface area contributed by atoms with Crippen LogP contribution in [-0.2, 0) is 14.8 Å². The quantitative estimate of drug-likeness (QED) is 0.216. The molecule has 6 N–H and O–H groups in total. The van der Waals surface area contributed by atoms with Gasteiger partial charge in [0, 0.05) is 37.4 Å². The zero-order valence-electron chi connectivity index (χ0n) is 24.0. The number of hydrogen-bond acceptors (Lipinski definition) is 9. The van der Waals surface area contributed by atoms with E-state index in [2.05, 4.69) is 54.1 Å². The first-order valence-electron chi connectivity index (χ1n) is 14.4. The van der Waals surface area contributed by atoms with E-state index in [-0.39, 0.29) is 35.2 Å². The molecule has 1 aliphatic heterocycles. The number of anilines is 3. The number of carbonyl (C=O) groups is 2. The smallest absolute Gasteiger partial charge is 0.251 e. The van der Waals surface area contributed by atoms with Gasteiger partial charge in [-0.05, 0) is 79.6 Å². The number of carbonyl (C=O) groups excluding carboxylic acids is 2. The van der Waals surface area contributed by atoms with Crippen LogP contribution >= 0.6 is 15.9 Å². The molecule has 3 saturated carbocycles. The van der Waals surface area contributed by atoms with E-state index in [4.69, 9.17) is 5.73 Å². The first kappa shape index (κ1) is 30.6. The van der Waals surface area contributed by atoms with E-state index < -0.39 is 15.9 Å². The van der Waals surface area contributed by atoms with Gasteiger partial charge in [-0.1, -0.05) is 19.1 Å². The molecule has 12 nitrogen and oxygen atoms in total. The maximum Gasteiger partial charge on any atom is 0.251 e. The second-order valence-electron chi connectivity index (χ2n) is 11.8. The standard InChI is InChI=1S/C28H39BrN8O4S/c1-3-9-33-28-15-27(16-28,17-28)25(39)31-10-13-42(40,41)37-11-7-19(8-12-37)34-26-32-14-20(29)24(36-26)35-21-6-4-5-18(2)22(21)23(30)38/h4-6,14,19,33H,3,7-13,15-17H2,1-2H3,(H2,30,38)(H,31,39)(H2,32,34,35,36). The summed E-state index contributed by atoms with van der Waals surface area (Å²) in [7, 11) is -3.49. The number of nitrogens with one attached hydrogen (secondary N) is 4. The Morgan fingerprint density at radius 3 is 2.55 bits per heavy atom. The molecule has 0 spiro atoms. The Morgan fingerprint density at radius 1 is 1.17 bits per heavy atom. The van der Waals surface area contributed by atoms with Gasteiger partial charge in [0.2, 0.25) is 21.9 Å². The number of nitrogens with zero attached hydrogens (tertiary/aromatic N) is 3. The van der Waals surface area contributed by atoms with E-state index in [1.54, 1.807) is 12.3 Å². The van der Waals surface area contributed by atoms with Gasteiger partial charge in [0.15, 0.2) is 0 Å². The Hall–Kier alpha value is -2.81. The van der Waals surface area contributed by atoms with Crippen molar-refractivity contribution in [2.24, 2.45) is 11.1 Å². The molecule has 2 aromatic rings. The third kappa shape index (κ3) is 6.26. The monoisotopic (exact) mass is 662 g/mol. The van der Waals surface area contributed by atoms with Crippen LogP contribution in [0.4, 0.5) is 17.5 Å². The molecule has 2 bridgehead atoms. The number of rotatable bonds is 13. The SMILES string of the molecule is CCCNC12CC(C(=O)NCCS(=O)(=O)N3CCC(Nc4ncc(Br)c(Nc5cccc(C)c5C(N)=O)n4)CC3)(C1)C2. The van der Waals surface area contributed by atoms with Gasteiger partial charge < -0.3 is 27.0 Å². The molecule has 1 aromatic heterocycles. The molecule has 2 amide bonds. The third-order valence-corrected chi connectivity index (χ3v) is 11.1.